The van der Waals surface area contributed by atoms with Gasteiger partial charge in [-0.05, 0) is 11.6 Å². The van der Waals surface area contributed by atoms with E-state index in [1.165, 1.54) is 24.1 Å². The summed E-state index contributed by atoms with van der Waals surface area (Å²) in [4.78, 5) is 32.8. The van der Waals surface area contributed by atoms with Crippen molar-refractivity contribution < 1.29 is 27.5 Å². The highest BCUT2D eigenvalue weighted by Gasteiger charge is 2.37. The quantitative estimate of drug-likeness (QED) is 0.587. The number of rotatable bonds is 4. The lowest BCUT2D eigenvalue weighted by molar-refractivity contribution is -0.144. The van der Waals surface area contributed by atoms with Gasteiger partial charge >= 0.3 is 6.18 Å². The first kappa shape index (κ1) is 22.6. The number of ether oxygens (including phenoxy) is 1. The fourth-order valence-corrected chi connectivity index (χ4v) is 3.94. The van der Waals surface area contributed by atoms with Crippen LogP contribution in [0.4, 0.5) is 18.9 Å². The van der Waals surface area contributed by atoms with Crippen molar-refractivity contribution in [2.75, 3.05) is 25.1 Å². The molecule has 5 rings (SSSR count). The van der Waals surface area contributed by atoms with Crippen LogP contribution in [0.1, 0.15) is 11.4 Å². The van der Waals surface area contributed by atoms with E-state index in [1.807, 2.05) is 30.3 Å². The second-order valence-corrected chi connectivity index (χ2v) is 8.24. The molecule has 2 atom stereocenters. The van der Waals surface area contributed by atoms with E-state index in [1.54, 1.807) is 5.01 Å². The lowest BCUT2D eigenvalue weighted by Gasteiger charge is -2.21. The van der Waals surface area contributed by atoms with Crippen LogP contribution in [0, 0.1) is 0 Å². The van der Waals surface area contributed by atoms with Gasteiger partial charge in [0.05, 0.1) is 29.8 Å². The Labute approximate surface area is 196 Å². The highest BCUT2D eigenvalue weighted by Crippen LogP contribution is 2.36. The molecule has 1 aromatic heterocycles. The van der Waals surface area contributed by atoms with Crippen LogP contribution < -0.4 is 15.0 Å². The molecule has 13 heteroatoms. The van der Waals surface area contributed by atoms with Gasteiger partial charge in [-0.2, -0.15) is 18.3 Å². The summed E-state index contributed by atoms with van der Waals surface area (Å²) in [5.74, 6) is -1.92. The molecule has 10 nitrogen and oxygen atoms in total. The minimum absolute atomic E-state index is 0.0456. The summed E-state index contributed by atoms with van der Waals surface area (Å²) < 4.78 is 44.7. The van der Waals surface area contributed by atoms with Crippen molar-refractivity contribution in [1.29, 1.82) is 0 Å². The SMILES string of the molecule is CN1C(=O)[C@@H](NC(=O)C2CN(Cc3ccccc3)N=N2)COc2cc3nc(C(F)(F)F)[nH]c3cc21. The predicted octanol–water partition coefficient (Wildman–Crippen LogP) is 2.67. The Hall–Kier alpha value is -4.16. The molecule has 0 aliphatic carbocycles. The summed E-state index contributed by atoms with van der Waals surface area (Å²) in [6, 6.07) is 10.5. The molecular weight excluding hydrogens is 467 g/mol. The second-order valence-electron chi connectivity index (χ2n) is 8.24. The monoisotopic (exact) mass is 487 g/mol. The standard InChI is InChI=1S/C22H20F3N7O3/c1-31-17-7-13-14(28-21(27-13)22(23,24)25)8-18(17)35-11-16(20(31)34)26-19(33)15-10-32(30-29-15)9-12-5-3-2-4-6-12/h2-8,15-16H,9-11H2,1H3,(H,26,33)(H,27,28)/t15?,16-/m0/s1. The number of aromatic amines is 1. The Bertz CT molecular complexity index is 1310. The number of halogens is 3. The number of H-pyrrole nitrogens is 1. The summed E-state index contributed by atoms with van der Waals surface area (Å²) in [5.41, 5.74) is 1.43. The largest absolute Gasteiger partial charge is 0.489 e. The number of anilines is 1. The van der Waals surface area contributed by atoms with Gasteiger partial charge in [-0.25, -0.2) is 4.98 Å². The third-order valence-electron chi connectivity index (χ3n) is 5.75. The molecule has 2 amide bonds. The normalized spacial score (nSPS) is 20.1. The summed E-state index contributed by atoms with van der Waals surface area (Å²) in [5, 5.41) is 12.4. The lowest BCUT2D eigenvalue weighted by Crippen LogP contribution is -2.52. The Balaban J connectivity index is 1.26. The van der Waals surface area contributed by atoms with Gasteiger partial charge < -0.3 is 19.9 Å². The van der Waals surface area contributed by atoms with Gasteiger partial charge in [-0.15, -0.1) is 0 Å². The highest BCUT2D eigenvalue weighted by molar-refractivity contribution is 6.02. The van der Waals surface area contributed by atoms with E-state index in [4.69, 9.17) is 4.74 Å². The van der Waals surface area contributed by atoms with Crippen LogP contribution in [-0.2, 0) is 22.3 Å². The first-order valence-corrected chi connectivity index (χ1v) is 10.7. The minimum Gasteiger partial charge on any atom is -0.489 e. The third kappa shape index (κ3) is 4.48. The fraction of sp³-hybridized carbons (Fsp3) is 0.318. The zero-order valence-electron chi connectivity index (χ0n) is 18.4. The molecule has 0 saturated carbocycles. The molecule has 1 unspecified atom stereocenters. The molecule has 35 heavy (non-hydrogen) atoms. The molecule has 3 aromatic rings. The number of nitrogens with zero attached hydrogens (tertiary/aromatic N) is 5. The molecule has 2 aliphatic rings. The van der Waals surface area contributed by atoms with Crippen molar-refractivity contribution in [3.8, 4) is 5.75 Å². The van der Waals surface area contributed by atoms with E-state index < -0.39 is 35.9 Å². The summed E-state index contributed by atoms with van der Waals surface area (Å²) in [7, 11) is 1.46. The van der Waals surface area contributed by atoms with Crippen molar-refractivity contribution in [3.05, 3.63) is 53.9 Å². The maximum Gasteiger partial charge on any atom is 0.449 e. The number of likely N-dealkylation sites (N-methyl/N-ethyl adjacent to an activating group) is 1. The van der Waals surface area contributed by atoms with Gasteiger partial charge in [0.1, 0.15) is 18.4 Å². The number of carbonyl (C=O) groups excluding carboxylic acids is 2. The maximum atomic E-state index is 13.0. The number of aromatic nitrogens is 2. The van der Waals surface area contributed by atoms with Crippen molar-refractivity contribution in [1.82, 2.24) is 20.3 Å². The summed E-state index contributed by atoms with van der Waals surface area (Å²) in [6.45, 7) is 0.549. The van der Waals surface area contributed by atoms with Gasteiger partial charge in [0.2, 0.25) is 11.7 Å². The number of hydrogen-bond acceptors (Lipinski definition) is 7. The number of fused-ring (bicyclic) bond motifs is 2. The Morgan fingerprint density at radius 2 is 2.03 bits per heavy atom. The Kier molecular flexibility index (Phi) is 5.53. The number of alkyl halides is 3. The summed E-state index contributed by atoms with van der Waals surface area (Å²) >= 11 is 0. The van der Waals surface area contributed by atoms with Crippen molar-refractivity contribution in [2.45, 2.75) is 24.8 Å². The van der Waals surface area contributed by atoms with Crippen molar-refractivity contribution in [3.63, 3.8) is 0 Å². The number of carbonyl (C=O) groups is 2. The smallest absolute Gasteiger partial charge is 0.449 e. The summed E-state index contributed by atoms with van der Waals surface area (Å²) in [6.07, 6.45) is -4.64. The van der Waals surface area contributed by atoms with E-state index in [0.717, 1.165) is 5.56 Å². The second kappa shape index (κ2) is 8.56. The molecule has 0 spiro atoms. The molecule has 0 fully saturated rings. The Morgan fingerprint density at radius 1 is 1.26 bits per heavy atom. The van der Waals surface area contributed by atoms with E-state index in [-0.39, 0.29) is 35.6 Å². The van der Waals surface area contributed by atoms with Crippen LogP contribution in [0.5, 0.6) is 5.75 Å². The van der Waals surface area contributed by atoms with Gasteiger partial charge in [0.15, 0.2) is 6.04 Å². The van der Waals surface area contributed by atoms with E-state index in [0.29, 0.717) is 6.54 Å². The molecule has 3 heterocycles. The number of imidazole rings is 1. The zero-order valence-corrected chi connectivity index (χ0v) is 18.4. The molecule has 182 valence electrons. The molecule has 2 N–H and O–H groups in total. The maximum absolute atomic E-state index is 13.0. The average molecular weight is 487 g/mol. The minimum atomic E-state index is -4.64. The number of amides is 2. The van der Waals surface area contributed by atoms with Crippen LogP contribution in [0.3, 0.4) is 0 Å². The van der Waals surface area contributed by atoms with Crippen LogP contribution >= 0.6 is 0 Å². The highest BCUT2D eigenvalue weighted by atomic mass is 19.4. The molecule has 0 radical (unpaired) electrons. The molecule has 2 aromatic carbocycles. The molecule has 2 aliphatic heterocycles. The van der Waals surface area contributed by atoms with Crippen LogP contribution in [0.2, 0.25) is 0 Å². The Morgan fingerprint density at radius 3 is 2.77 bits per heavy atom. The van der Waals surface area contributed by atoms with Gasteiger partial charge in [0.25, 0.3) is 5.91 Å². The lowest BCUT2D eigenvalue weighted by atomic mass is 10.2. The average Bonchev–Trinajstić information content (AvgIpc) is 3.45. The fourth-order valence-electron chi connectivity index (χ4n) is 3.94. The number of nitrogens with one attached hydrogen (secondary N) is 2. The van der Waals surface area contributed by atoms with Gasteiger partial charge in [-0.1, -0.05) is 35.6 Å². The first-order chi connectivity index (χ1) is 16.7. The number of benzene rings is 2. The van der Waals surface area contributed by atoms with E-state index in [2.05, 4.69) is 25.6 Å². The molecule has 0 saturated heterocycles. The topological polar surface area (TPSA) is 115 Å². The van der Waals surface area contributed by atoms with Crippen LogP contribution in [0.15, 0.2) is 52.8 Å². The van der Waals surface area contributed by atoms with Gasteiger partial charge in [-0.3, -0.25) is 14.6 Å². The van der Waals surface area contributed by atoms with Crippen molar-refractivity contribution >= 4 is 28.5 Å². The predicted molar refractivity (Wildman–Crippen MR) is 117 cm³/mol. The number of hydrogen-bond donors (Lipinski definition) is 2. The molecular formula is C22H20F3N7O3. The third-order valence-corrected chi connectivity index (χ3v) is 5.75. The van der Waals surface area contributed by atoms with E-state index in [9.17, 15) is 22.8 Å². The first-order valence-electron chi connectivity index (χ1n) is 10.7. The van der Waals surface area contributed by atoms with Crippen LogP contribution in [0.25, 0.3) is 11.0 Å². The van der Waals surface area contributed by atoms with Gasteiger partial charge in [0, 0.05) is 13.1 Å². The molecule has 0 bridgehead atoms. The van der Waals surface area contributed by atoms with Crippen LogP contribution in [-0.4, -0.2) is 59.1 Å². The van der Waals surface area contributed by atoms with E-state index >= 15 is 0 Å². The zero-order chi connectivity index (χ0) is 24.7. The van der Waals surface area contributed by atoms with Crippen molar-refractivity contribution in [2.24, 2.45) is 10.3 Å².